The monoisotopic (exact) mass is 353 g/mol. The molecule has 1 aliphatic heterocycles. The third-order valence-corrected chi connectivity index (χ3v) is 4.93. The smallest absolute Gasteiger partial charge is 0.272 e. The second-order valence-electron chi connectivity index (χ2n) is 6.90. The number of hydrogen-bond donors (Lipinski definition) is 1. The minimum absolute atomic E-state index is 0.0180. The van der Waals surface area contributed by atoms with Crippen molar-refractivity contribution in [1.29, 1.82) is 0 Å². The summed E-state index contributed by atoms with van der Waals surface area (Å²) in [6.07, 6.45) is 2.29. The van der Waals surface area contributed by atoms with Gasteiger partial charge in [-0.1, -0.05) is 19.1 Å². The number of carbonyl (C=O) groups is 1. The van der Waals surface area contributed by atoms with Gasteiger partial charge in [0.2, 0.25) is 0 Å². The predicted octanol–water partition coefficient (Wildman–Crippen LogP) is 4.39. The van der Waals surface area contributed by atoms with Gasteiger partial charge in [-0.25, -0.2) is 0 Å². The van der Waals surface area contributed by atoms with Gasteiger partial charge in [0, 0.05) is 30.3 Å². The van der Waals surface area contributed by atoms with E-state index in [1.165, 1.54) is 12.1 Å². The molecule has 0 atom stereocenters. The number of rotatable bonds is 4. The summed E-state index contributed by atoms with van der Waals surface area (Å²) in [5.41, 5.74) is 2.69. The maximum absolute atomic E-state index is 12.6. The quantitative estimate of drug-likeness (QED) is 0.653. The number of nitrogens with one attached hydrogen (secondary N) is 1. The van der Waals surface area contributed by atoms with Crippen LogP contribution in [-0.2, 0) is 0 Å². The minimum atomic E-state index is -0.441. The summed E-state index contributed by atoms with van der Waals surface area (Å²) < 4.78 is 0. The molecule has 0 radical (unpaired) electrons. The van der Waals surface area contributed by atoms with Crippen molar-refractivity contribution in [2.75, 3.05) is 23.3 Å². The number of piperidine rings is 1. The Bertz CT molecular complexity index is 827. The molecular weight excluding hydrogens is 330 g/mol. The molecule has 1 amide bonds. The first kappa shape index (κ1) is 17.9. The van der Waals surface area contributed by atoms with E-state index in [-0.39, 0.29) is 11.6 Å². The molecular formula is C20H23N3O3. The molecule has 0 saturated carbocycles. The average molecular weight is 353 g/mol. The van der Waals surface area contributed by atoms with Gasteiger partial charge in [-0.05, 0) is 49.9 Å². The van der Waals surface area contributed by atoms with Crippen LogP contribution in [0, 0.1) is 23.0 Å². The molecule has 0 aromatic heterocycles. The number of nitro groups is 1. The molecule has 1 heterocycles. The number of carbonyl (C=O) groups excluding carboxylic acids is 1. The van der Waals surface area contributed by atoms with Gasteiger partial charge in [0.05, 0.1) is 16.3 Å². The lowest BCUT2D eigenvalue weighted by atomic mass is 9.98. The number of hydrogen-bond acceptors (Lipinski definition) is 4. The standard InChI is InChI=1S/C20H23N3O3/c1-14-9-11-22(12-10-14)19-6-4-3-5-17(19)21-20(24)16-7-8-18(23(25)26)15(2)13-16/h3-8,13-14H,9-12H2,1-2H3,(H,21,24). The van der Waals surface area contributed by atoms with Gasteiger partial charge >= 0.3 is 0 Å². The van der Waals surface area contributed by atoms with E-state index in [2.05, 4.69) is 17.1 Å². The molecule has 2 aromatic carbocycles. The first-order valence-electron chi connectivity index (χ1n) is 8.86. The third kappa shape index (κ3) is 3.85. The Labute approximate surface area is 153 Å². The van der Waals surface area contributed by atoms with E-state index in [0.717, 1.165) is 43.2 Å². The number of amides is 1. The fourth-order valence-electron chi connectivity index (χ4n) is 3.30. The third-order valence-electron chi connectivity index (χ3n) is 4.93. The van der Waals surface area contributed by atoms with Crippen LogP contribution in [0.3, 0.4) is 0 Å². The van der Waals surface area contributed by atoms with E-state index in [1.54, 1.807) is 13.0 Å². The lowest BCUT2D eigenvalue weighted by Gasteiger charge is -2.33. The Morgan fingerprint density at radius 1 is 1.19 bits per heavy atom. The van der Waals surface area contributed by atoms with E-state index in [1.807, 2.05) is 24.3 Å². The first-order chi connectivity index (χ1) is 12.5. The Hall–Kier alpha value is -2.89. The van der Waals surface area contributed by atoms with Crippen LogP contribution in [-0.4, -0.2) is 23.9 Å². The molecule has 0 unspecified atom stereocenters. The number of aryl methyl sites for hydroxylation is 1. The number of nitrogens with zero attached hydrogens (tertiary/aromatic N) is 2. The molecule has 1 saturated heterocycles. The van der Waals surface area contributed by atoms with E-state index in [0.29, 0.717) is 11.1 Å². The molecule has 2 aromatic rings. The molecule has 0 aliphatic carbocycles. The van der Waals surface area contributed by atoms with Gasteiger partial charge in [-0.15, -0.1) is 0 Å². The highest BCUT2D eigenvalue weighted by Crippen LogP contribution is 2.30. The molecule has 136 valence electrons. The molecule has 6 nitrogen and oxygen atoms in total. The highest BCUT2D eigenvalue weighted by atomic mass is 16.6. The van der Waals surface area contributed by atoms with Crippen molar-refractivity contribution in [1.82, 2.24) is 0 Å². The number of anilines is 2. The summed E-state index contributed by atoms with van der Waals surface area (Å²) in [5, 5.41) is 13.9. The summed E-state index contributed by atoms with van der Waals surface area (Å²) >= 11 is 0. The van der Waals surface area contributed by atoms with Crippen molar-refractivity contribution < 1.29 is 9.72 Å². The molecule has 3 rings (SSSR count). The van der Waals surface area contributed by atoms with Gasteiger partial charge in [-0.3, -0.25) is 14.9 Å². The van der Waals surface area contributed by atoms with Crippen LogP contribution in [0.4, 0.5) is 17.1 Å². The molecule has 6 heteroatoms. The molecule has 1 N–H and O–H groups in total. The van der Waals surface area contributed by atoms with Crippen LogP contribution in [0.2, 0.25) is 0 Å². The highest BCUT2D eigenvalue weighted by Gasteiger charge is 2.20. The lowest BCUT2D eigenvalue weighted by molar-refractivity contribution is -0.385. The van der Waals surface area contributed by atoms with Crippen LogP contribution in [0.15, 0.2) is 42.5 Å². The van der Waals surface area contributed by atoms with Gasteiger partial charge in [0.25, 0.3) is 11.6 Å². The van der Waals surface area contributed by atoms with E-state index in [4.69, 9.17) is 0 Å². The maximum Gasteiger partial charge on any atom is 0.272 e. The zero-order chi connectivity index (χ0) is 18.7. The SMILES string of the molecule is Cc1cc(C(=O)Nc2ccccc2N2CCC(C)CC2)ccc1[N+](=O)[O-]. The molecule has 26 heavy (non-hydrogen) atoms. The molecule has 1 aliphatic rings. The summed E-state index contributed by atoms with van der Waals surface area (Å²) in [6, 6.07) is 12.2. The van der Waals surface area contributed by atoms with E-state index >= 15 is 0 Å². The van der Waals surface area contributed by atoms with E-state index < -0.39 is 4.92 Å². The molecule has 0 spiro atoms. The van der Waals surface area contributed by atoms with Gasteiger partial charge in [-0.2, -0.15) is 0 Å². The molecule has 1 fully saturated rings. The average Bonchev–Trinajstić information content (AvgIpc) is 2.62. The van der Waals surface area contributed by atoms with Crippen molar-refractivity contribution in [3.63, 3.8) is 0 Å². The zero-order valence-corrected chi connectivity index (χ0v) is 15.1. The van der Waals surface area contributed by atoms with Gasteiger partial charge in [0.15, 0.2) is 0 Å². The number of benzene rings is 2. The minimum Gasteiger partial charge on any atom is -0.370 e. The van der Waals surface area contributed by atoms with Crippen LogP contribution in [0.1, 0.15) is 35.7 Å². The van der Waals surface area contributed by atoms with E-state index in [9.17, 15) is 14.9 Å². The normalized spacial score (nSPS) is 14.9. The van der Waals surface area contributed by atoms with Crippen molar-refractivity contribution >= 4 is 23.0 Å². The highest BCUT2D eigenvalue weighted by molar-refractivity contribution is 6.06. The van der Waals surface area contributed by atoms with Gasteiger partial charge in [0.1, 0.15) is 0 Å². The van der Waals surface area contributed by atoms with Gasteiger partial charge < -0.3 is 10.2 Å². The maximum atomic E-state index is 12.6. The van der Waals surface area contributed by atoms with Crippen LogP contribution < -0.4 is 10.2 Å². The Morgan fingerprint density at radius 2 is 1.88 bits per heavy atom. The predicted molar refractivity (Wildman–Crippen MR) is 103 cm³/mol. The number of para-hydroxylation sites is 2. The summed E-state index contributed by atoms with van der Waals surface area (Å²) in [5.74, 6) is 0.469. The summed E-state index contributed by atoms with van der Waals surface area (Å²) in [4.78, 5) is 25.4. The van der Waals surface area contributed by atoms with Crippen molar-refractivity contribution in [3.05, 3.63) is 63.7 Å². The fraction of sp³-hybridized carbons (Fsp3) is 0.350. The van der Waals surface area contributed by atoms with Crippen LogP contribution in [0.25, 0.3) is 0 Å². The number of nitro benzene ring substituents is 1. The Kier molecular flexibility index (Phi) is 5.21. The summed E-state index contributed by atoms with van der Waals surface area (Å²) in [7, 11) is 0. The fourth-order valence-corrected chi connectivity index (χ4v) is 3.30. The second-order valence-corrected chi connectivity index (χ2v) is 6.90. The lowest BCUT2D eigenvalue weighted by Crippen LogP contribution is -2.33. The van der Waals surface area contributed by atoms with Crippen molar-refractivity contribution in [2.24, 2.45) is 5.92 Å². The largest absolute Gasteiger partial charge is 0.370 e. The van der Waals surface area contributed by atoms with Crippen molar-refractivity contribution in [3.8, 4) is 0 Å². The second kappa shape index (κ2) is 7.56. The molecule has 0 bridgehead atoms. The summed E-state index contributed by atoms with van der Waals surface area (Å²) in [6.45, 7) is 5.86. The zero-order valence-electron chi connectivity index (χ0n) is 15.1. The first-order valence-corrected chi connectivity index (χ1v) is 8.86. The van der Waals surface area contributed by atoms with Crippen LogP contribution in [0.5, 0.6) is 0 Å². The van der Waals surface area contributed by atoms with Crippen LogP contribution >= 0.6 is 0 Å². The van der Waals surface area contributed by atoms with Crippen molar-refractivity contribution in [2.45, 2.75) is 26.7 Å². The Morgan fingerprint density at radius 3 is 2.54 bits per heavy atom. The topological polar surface area (TPSA) is 75.5 Å². The Balaban J connectivity index is 1.80.